The van der Waals surface area contributed by atoms with Crippen molar-refractivity contribution in [1.82, 2.24) is 4.90 Å². The van der Waals surface area contributed by atoms with E-state index in [4.69, 9.17) is 9.57 Å². The predicted octanol–water partition coefficient (Wildman–Crippen LogP) is 3.78. The highest BCUT2D eigenvalue weighted by Gasteiger charge is 2.16. The third-order valence-corrected chi connectivity index (χ3v) is 4.87. The number of rotatable bonds is 7. The minimum Gasteiger partial charge on any atom is -0.496 e. The van der Waals surface area contributed by atoms with Gasteiger partial charge in [0.1, 0.15) is 5.75 Å². The summed E-state index contributed by atoms with van der Waals surface area (Å²) in [4.78, 5) is 29.7. The van der Waals surface area contributed by atoms with Crippen LogP contribution in [0.3, 0.4) is 0 Å². The van der Waals surface area contributed by atoms with Crippen LogP contribution in [0.5, 0.6) is 5.75 Å². The molecule has 1 heterocycles. The third kappa shape index (κ3) is 5.17. The Balaban J connectivity index is 1.71. The second kappa shape index (κ2) is 9.29. The number of oxime groups is 1. The van der Waals surface area contributed by atoms with Crippen molar-refractivity contribution in [2.45, 2.75) is 26.3 Å². The molecule has 3 rings (SSSR count). The molecule has 0 saturated carbocycles. The lowest BCUT2D eigenvalue weighted by Gasteiger charge is -2.17. The highest BCUT2D eigenvalue weighted by molar-refractivity contribution is 5.99. The van der Waals surface area contributed by atoms with Crippen molar-refractivity contribution in [3.8, 4) is 5.75 Å². The Morgan fingerprint density at radius 2 is 1.79 bits per heavy atom. The zero-order valence-electron chi connectivity index (χ0n) is 16.5. The molecule has 2 aromatic carbocycles. The van der Waals surface area contributed by atoms with Crippen molar-refractivity contribution in [2.75, 3.05) is 20.2 Å². The maximum Gasteiger partial charge on any atom is 0.365 e. The van der Waals surface area contributed by atoms with Crippen LogP contribution in [-0.4, -0.2) is 41.7 Å². The van der Waals surface area contributed by atoms with Crippen molar-refractivity contribution >= 4 is 17.4 Å². The third-order valence-electron chi connectivity index (χ3n) is 4.87. The maximum absolute atomic E-state index is 12.1. The summed E-state index contributed by atoms with van der Waals surface area (Å²) >= 11 is 0. The van der Waals surface area contributed by atoms with Gasteiger partial charge in [-0.2, -0.15) is 0 Å². The van der Waals surface area contributed by atoms with Gasteiger partial charge in [-0.25, -0.2) is 4.79 Å². The summed E-state index contributed by atoms with van der Waals surface area (Å²) in [6.45, 7) is 4.71. The van der Waals surface area contributed by atoms with Gasteiger partial charge in [0, 0.05) is 24.2 Å². The van der Waals surface area contributed by atoms with E-state index in [9.17, 15) is 14.9 Å². The second-order valence-corrected chi connectivity index (χ2v) is 6.87. The van der Waals surface area contributed by atoms with Crippen molar-refractivity contribution in [2.24, 2.45) is 5.16 Å². The van der Waals surface area contributed by atoms with Crippen LogP contribution in [0.25, 0.3) is 0 Å². The number of carbonyl (C=O) groups excluding carboxylic acids is 1. The number of likely N-dealkylation sites (tertiary alicyclic amines) is 1. The van der Waals surface area contributed by atoms with Gasteiger partial charge in [0.2, 0.25) is 0 Å². The SMILES string of the molecule is COc1ccc(/C(C)=N\OC(=O)c2ccc([N+](=O)[O-])cc2)cc1CN1CCCC1. The molecule has 0 aromatic heterocycles. The van der Waals surface area contributed by atoms with Crippen LogP contribution in [0.15, 0.2) is 47.6 Å². The molecule has 1 aliphatic heterocycles. The number of non-ortho nitro benzene ring substituents is 1. The number of methoxy groups -OCH3 is 1. The normalized spacial score (nSPS) is 14.6. The van der Waals surface area contributed by atoms with Gasteiger partial charge in [-0.15, -0.1) is 0 Å². The number of carbonyl (C=O) groups is 1. The van der Waals surface area contributed by atoms with Crippen LogP contribution in [-0.2, 0) is 11.4 Å². The average Bonchev–Trinajstić information content (AvgIpc) is 3.24. The van der Waals surface area contributed by atoms with Crippen LogP contribution >= 0.6 is 0 Å². The van der Waals surface area contributed by atoms with E-state index in [1.807, 2.05) is 18.2 Å². The summed E-state index contributed by atoms with van der Waals surface area (Å²) in [5, 5.41) is 14.6. The molecule has 8 nitrogen and oxygen atoms in total. The molecule has 0 atom stereocenters. The molecule has 0 spiro atoms. The fourth-order valence-electron chi connectivity index (χ4n) is 3.24. The van der Waals surface area contributed by atoms with E-state index in [1.54, 1.807) is 14.0 Å². The van der Waals surface area contributed by atoms with Crippen LogP contribution in [0.1, 0.15) is 41.3 Å². The zero-order chi connectivity index (χ0) is 20.8. The molecular weight excluding hydrogens is 374 g/mol. The fourth-order valence-corrected chi connectivity index (χ4v) is 3.24. The Kier molecular flexibility index (Phi) is 6.56. The molecule has 0 aliphatic carbocycles. The van der Waals surface area contributed by atoms with E-state index in [0.717, 1.165) is 36.5 Å². The molecule has 8 heteroatoms. The van der Waals surface area contributed by atoms with E-state index < -0.39 is 10.9 Å². The van der Waals surface area contributed by atoms with Gasteiger partial charge in [0.05, 0.1) is 23.3 Å². The van der Waals surface area contributed by atoms with Gasteiger partial charge < -0.3 is 9.57 Å². The molecule has 0 radical (unpaired) electrons. The van der Waals surface area contributed by atoms with Crippen molar-refractivity contribution < 1.29 is 19.3 Å². The van der Waals surface area contributed by atoms with Gasteiger partial charge in [0.15, 0.2) is 0 Å². The summed E-state index contributed by atoms with van der Waals surface area (Å²) in [6, 6.07) is 10.9. The molecule has 0 amide bonds. The van der Waals surface area contributed by atoms with E-state index >= 15 is 0 Å². The number of hydrogen-bond acceptors (Lipinski definition) is 7. The standard InChI is InChI=1S/C21H23N3O5/c1-15(22-29-21(25)16-5-8-19(9-6-16)24(26)27)17-7-10-20(28-2)18(13-17)14-23-11-3-4-12-23/h5-10,13H,3-4,11-12,14H2,1-2H3/b22-15-. The minimum absolute atomic E-state index is 0.0926. The molecule has 1 fully saturated rings. The summed E-state index contributed by atoms with van der Waals surface area (Å²) in [7, 11) is 1.65. The first kappa shape index (κ1) is 20.5. The lowest BCUT2D eigenvalue weighted by molar-refractivity contribution is -0.384. The summed E-state index contributed by atoms with van der Waals surface area (Å²) in [5.41, 5.74) is 2.53. The summed E-state index contributed by atoms with van der Waals surface area (Å²) in [6.07, 6.45) is 2.42. The Labute approximate surface area is 168 Å². The largest absolute Gasteiger partial charge is 0.496 e. The van der Waals surface area contributed by atoms with Gasteiger partial charge in [0.25, 0.3) is 5.69 Å². The molecule has 0 unspecified atom stereocenters. The lowest BCUT2D eigenvalue weighted by atomic mass is 10.1. The molecule has 0 bridgehead atoms. The summed E-state index contributed by atoms with van der Waals surface area (Å²) < 4.78 is 5.47. The van der Waals surface area contributed by atoms with E-state index in [-0.39, 0.29) is 11.3 Å². The molecule has 29 heavy (non-hydrogen) atoms. The first-order valence-electron chi connectivity index (χ1n) is 9.38. The Morgan fingerprint density at radius 1 is 1.14 bits per heavy atom. The van der Waals surface area contributed by atoms with Gasteiger partial charge >= 0.3 is 5.97 Å². The first-order valence-corrected chi connectivity index (χ1v) is 9.38. The van der Waals surface area contributed by atoms with Crippen LogP contribution in [0, 0.1) is 10.1 Å². The predicted molar refractivity (Wildman–Crippen MR) is 108 cm³/mol. The number of nitro benzene ring substituents is 1. The van der Waals surface area contributed by atoms with E-state index in [2.05, 4.69) is 10.1 Å². The molecule has 152 valence electrons. The lowest BCUT2D eigenvalue weighted by Crippen LogP contribution is -2.19. The number of nitrogens with zero attached hydrogens (tertiary/aromatic N) is 3. The molecule has 0 N–H and O–H groups in total. The number of nitro groups is 1. The van der Waals surface area contributed by atoms with Gasteiger partial charge in [-0.1, -0.05) is 5.16 Å². The topological polar surface area (TPSA) is 94.3 Å². The van der Waals surface area contributed by atoms with Crippen molar-refractivity contribution in [3.05, 3.63) is 69.3 Å². The second-order valence-electron chi connectivity index (χ2n) is 6.87. The molecular formula is C21H23N3O5. The van der Waals surface area contributed by atoms with Crippen LogP contribution in [0.4, 0.5) is 5.69 Å². The minimum atomic E-state index is -0.676. The monoisotopic (exact) mass is 397 g/mol. The van der Waals surface area contributed by atoms with Crippen molar-refractivity contribution in [3.63, 3.8) is 0 Å². The van der Waals surface area contributed by atoms with Gasteiger partial charge in [-0.3, -0.25) is 15.0 Å². The fraction of sp³-hybridized carbons (Fsp3) is 0.333. The molecule has 2 aromatic rings. The number of ether oxygens (including phenoxy) is 1. The number of benzene rings is 2. The highest BCUT2D eigenvalue weighted by Crippen LogP contribution is 2.24. The Hall–Kier alpha value is -3.26. The van der Waals surface area contributed by atoms with Crippen LogP contribution < -0.4 is 4.74 Å². The smallest absolute Gasteiger partial charge is 0.365 e. The zero-order valence-corrected chi connectivity index (χ0v) is 16.5. The van der Waals surface area contributed by atoms with E-state index in [0.29, 0.717) is 5.71 Å². The first-order chi connectivity index (χ1) is 14.0. The average molecular weight is 397 g/mol. The van der Waals surface area contributed by atoms with Gasteiger partial charge in [-0.05, 0) is 68.8 Å². The summed E-state index contributed by atoms with van der Waals surface area (Å²) in [5.74, 6) is 0.140. The highest BCUT2D eigenvalue weighted by atomic mass is 16.7. The Morgan fingerprint density at radius 3 is 2.41 bits per heavy atom. The Bertz CT molecular complexity index is 918. The molecule has 1 saturated heterocycles. The van der Waals surface area contributed by atoms with Crippen LogP contribution in [0.2, 0.25) is 0 Å². The molecule has 1 aliphatic rings. The quantitative estimate of drug-likeness (QED) is 0.305. The maximum atomic E-state index is 12.1. The van der Waals surface area contributed by atoms with Crippen molar-refractivity contribution in [1.29, 1.82) is 0 Å². The number of hydrogen-bond donors (Lipinski definition) is 0. The van der Waals surface area contributed by atoms with E-state index in [1.165, 1.54) is 37.1 Å².